The molecule has 0 nitrogen and oxygen atoms in total. The zero-order chi connectivity index (χ0) is 9.40. The summed E-state index contributed by atoms with van der Waals surface area (Å²) in [5, 5.41) is 0. The third kappa shape index (κ3) is 4.24. The summed E-state index contributed by atoms with van der Waals surface area (Å²) >= 11 is -0.374. The van der Waals surface area contributed by atoms with Crippen molar-refractivity contribution in [3.05, 3.63) is 29.8 Å². The van der Waals surface area contributed by atoms with Crippen molar-refractivity contribution >= 4 is 27.4 Å². The first kappa shape index (κ1) is 12.1. The van der Waals surface area contributed by atoms with Gasteiger partial charge in [-0.15, -0.1) is 0 Å². The first-order valence-electron chi connectivity index (χ1n) is 4.63. The van der Waals surface area contributed by atoms with Crippen molar-refractivity contribution in [3.8, 4) is 0 Å². The molecule has 0 aliphatic rings. The Bertz CT molecular complexity index is 187. The van der Waals surface area contributed by atoms with Gasteiger partial charge in [0.25, 0.3) is 0 Å². The van der Waals surface area contributed by atoms with Crippen molar-refractivity contribution in [3.63, 3.8) is 0 Å². The fraction of sp³-hybridized carbons (Fsp3) is 0.455. The Morgan fingerprint density at radius 3 is 2.42 bits per heavy atom. The molecule has 1 aromatic rings. The number of hydrogen-bond acceptors (Lipinski definition) is 0. The molecule has 0 heterocycles. The van der Waals surface area contributed by atoms with Gasteiger partial charge in [-0.05, 0) is 0 Å². The zero-order valence-corrected chi connectivity index (χ0v) is 12.4. The molecule has 0 bridgehead atoms. The molecule has 0 saturated carbocycles. The van der Waals surface area contributed by atoms with Crippen LogP contribution < -0.4 is 3.12 Å². The van der Waals surface area contributed by atoms with Gasteiger partial charge in [0.15, 0.2) is 0 Å². The summed E-state index contributed by atoms with van der Waals surface area (Å²) in [4.78, 5) is 0. The third-order valence-electron chi connectivity index (χ3n) is 1.62. The van der Waals surface area contributed by atoms with E-state index >= 15 is 0 Å². The van der Waals surface area contributed by atoms with E-state index in [1.165, 1.54) is 12.0 Å². The van der Waals surface area contributed by atoms with Crippen LogP contribution in [0, 0.1) is 0 Å². The van der Waals surface area contributed by atoms with Crippen molar-refractivity contribution in [2.75, 3.05) is 0 Å². The Kier molecular flexibility index (Phi) is 7.87. The molecule has 0 aliphatic heterocycles. The van der Waals surface area contributed by atoms with E-state index in [0.29, 0.717) is 0 Å². The number of aryl methyl sites for hydroxylation is 1. The molecule has 0 N–H and O–H groups in total. The van der Waals surface area contributed by atoms with Crippen LogP contribution in [0.2, 0.25) is 4.48 Å². The molecule has 0 aliphatic carbocycles. The minimum atomic E-state index is -0.374. The van der Waals surface area contributed by atoms with Crippen LogP contribution in [-0.2, 0) is 6.42 Å². The number of benzene rings is 1. The van der Waals surface area contributed by atoms with Crippen molar-refractivity contribution in [2.24, 2.45) is 0 Å². The van der Waals surface area contributed by atoms with Crippen LogP contribution in [-0.4, -0.2) is 24.2 Å². The van der Waals surface area contributed by atoms with E-state index in [-0.39, 0.29) is 24.2 Å². The normalized spacial score (nSPS) is 8.67. The Hall–Kier alpha value is 0.142. The van der Waals surface area contributed by atoms with Gasteiger partial charge in [-0.1, -0.05) is 13.8 Å². The van der Waals surface area contributed by atoms with Gasteiger partial charge in [0, 0.05) is 0 Å². The molecule has 2 radical (unpaired) electrons. The summed E-state index contributed by atoms with van der Waals surface area (Å²) in [7, 11) is 0. The Morgan fingerprint density at radius 2 is 1.92 bits per heavy atom. The summed E-state index contributed by atoms with van der Waals surface area (Å²) in [6.07, 6.45) is 1.18. The Labute approximate surface area is 88.6 Å². The summed E-state index contributed by atoms with van der Waals surface area (Å²) in [5.74, 6) is 0. The molecule has 0 saturated heterocycles. The monoisotopic (exact) mass is 358 g/mol. The molecule has 0 aromatic heterocycles. The van der Waals surface area contributed by atoms with Crippen LogP contribution in [0.1, 0.15) is 26.3 Å². The molecule has 0 amide bonds. The minimum absolute atomic E-state index is 0.374. The fourth-order valence-electron chi connectivity index (χ4n) is 0.947. The molecule has 0 unspecified atom stereocenters. The summed E-state index contributed by atoms with van der Waals surface area (Å²) in [5.41, 5.74) is 1.49. The second-order valence-corrected chi connectivity index (χ2v) is 6.49. The van der Waals surface area contributed by atoms with Gasteiger partial charge in [0.05, 0.1) is 0 Å². The predicted molar refractivity (Wildman–Crippen MR) is 58.4 cm³/mol. The fourth-order valence-corrected chi connectivity index (χ4v) is 3.25. The topological polar surface area (TPSA) is 0 Å². The maximum absolute atomic E-state index is 2.38. The Balaban J connectivity index is 0.000000561. The van der Waals surface area contributed by atoms with E-state index in [1.807, 2.05) is 13.8 Å². The predicted octanol–water partition coefficient (Wildman–Crippen LogP) is 2.65. The van der Waals surface area contributed by atoms with Crippen molar-refractivity contribution in [2.45, 2.75) is 31.7 Å². The number of hydrogen-bond donors (Lipinski definition) is 0. The second-order valence-electron chi connectivity index (χ2n) is 2.30. The van der Waals surface area contributed by atoms with E-state index in [4.69, 9.17) is 0 Å². The van der Waals surface area contributed by atoms with Crippen LogP contribution in [0.25, 0.3) is 0 Å². The van der Waals surface area contributed by atoms with E-state index in [9.17, 15) is 0 Å². The van der Waals surface area contributed by atoms with E-state index in [2.05, 4.69) is 35.7 Å². The second kappa shape index (κ2) is 7.77. The van der Waals surface area contributed by atoms with Crippen molar-refractivity contribution in [1.29, 1.82) is 0 Å². The van der Waals surface area contributed by atoms with Gasteiger partial charge in [-0.25, -0.2) is 0 Å². The average Bonchev–Trinajstić information content (AvgIpc) is 2.21. The molecule has 12 heavy (non-hydrogen) atoms. The average molecular weight is 357 g/mol. The SMILES string of the molecule is CC.CCc1ccc[c]([Pb][CH3])c1. The quantitative estimate of drug-likeness (QED) is 0.714. The third-order valence-corrected chi connectivity index (χ3v) is 5.08. The summed E-state index contributed by atoms with van der Waals surface area (Å²) in [6, 6.07) is 9.03. The van der Waals surface area contributed by atoms with Crippen LogP contribution in [0.15, 0.2) is 24.3 Å². The summed E-state index contributed by atoms with van der Waals surface area (Å²) < 4.78 is 4.02. The maximum atomic E-state index is 2.38. The molecule has 66 valence electrons. The van der Waals surface area contributed by atoms with Gasteiger partial charge < -0.3 is 0 Å². The van der Waals surface area contributed by atoms with Gasteiger partial charge in [0.1, 0.15) is 0 Å². The molecule has 1 rings (SSSR count). The van der Waals surface area contributed by atoms with Crippen LogP contribution in [0.3, 0.4) is 0 Å². The van der Waals surface area contributed by atoms with E-state index < -0.39 is 0 Å². The van der Waals surface area contributed by atoms with E-state index in [1.54, 1.807) is 3.12 Å². The molecule has 0 atom stereocenters. The molecule has 0 fully saturated rings. The molecule has 1 aromatic carbocycles. The summed E-state index contributed by atoms with van der Waals surface area (Å²) in [6.45, 7) is 6.21. The first-order valence-corrected chi connectivity index (χ1v) is 10.5. The van der Waals surface area contributed by atoms with Gasteiger partial charge >= 0.3 is 75.0 Å². The van der Waals surface area contributed by atoms with E-state index in [0.717, 1.165) is 0 Å². The number of rotatable bonds is 2. The molecule has 1 heteroatoms. The standard InChI is InChI=1S/C8H9.C2H6.CH3.Pb/c1-2-8-6-4-3-5-7-8;1-2;;/h3-4,6-7H,2H2,1H3;1-2H3;1H3;. The van der Waals surface area contributed by atoms with Gasteiger partial charge in [-0.2, -0.15) is 0 Å². The molecule has 0 spiro atoms. The van der Waals surface area contributed by atoms with Crippen molar-refractivity contribution < 1.29 is 0 Å². The van der Waals surface area contributed by atoms with Crippen LogP contribution in [0.5, 0.6) is 0 Å². The molecular formula is C11H18Pb. The van der Waals surface area contributed by atoms with Crippen LogP contribution >= 0.6 is 0 Å². The van der Waals surface area contributed by atoms with Gasteiger partial charge in [0.2, 0.25) is 0 Å². The molecular weight excluding hydrogens is 339 g/mol. The Morgan fingerprint density at radius 1 is 1.25 bits per heavy atom. The van der Waals surface area contributed by atoms with Crippen molar-refractivity contribution in [1.82, 2.24) is 0 Å². The van der Waals surface area contributed by atoms with Gasteiger partial charge in [-0.3, -0.25) is 0 Å². The first-order chi connectivity index (χ1) is 5.86. The van der Waals surface area contributed by atoms with Crippen LogP contribution in [0.4, 0.5) is 0 Å². The zero-order valence-electron chi connectivity index (χ0n) is 8.52.